The summed E-state index contributed by atoms with van der Waals surface area (Å²) in [7, 11) is 0. The van der Waals surface area contributed by atoms with E-state index in [-0.39, 0.29) is 17.6 Å². The topological polar surface area (TPSA) is 58.1 Å². The number of amides is 1. The molecule has 1 fully saturated rings. The molecule has 5 nitrogen and oxygen atoms in total. The zero-order chi connectivity index (χ0) is 19.2. The summed E-state index contributed by atoms with van der Waals surface area (Å²) in [4.78, 5) is 23.4. The molecule has 0 radical (unpaired) electrons. The summed E-state index contributed by atoms with van der Waals surface area (Å²) in [5, 5.41) is 3.05. The van der Waals surface area contributed by atoms with E-state index >= 15 is 0 Å². The Kier molecular flexibility index (Phi) is 6.37. The number of carbonyl (C=O) groups excluding carboxylic acids is 1. The minimum atomic E-state index is -0.262. The minimum absolute atomic E-state index is 0.0220. The van der Waals surface area contributed by atoms with E-state index in [1.54, 1.807) is 24.5 Å². The smallest absolute Gasteiger partial charge is 0.225 e. The Morgan fingerprint density at radius 3 is 2.59 bits per heavy atom. The highest BCUT2D eigenvalue weighted by Gasteiger charge is 2.26. The first-order chi connectivity index (χ1) is 13.0. The van der Waals surface area contributed by atoms with Crippen LogP contribution in [0.5, 0.6) is 0 Å². The van der Waals surface area contributed by atoms with E-state index in [1.165, 1.54) is 12.1 Å². The van der Waals surface area contributed by atoms with Crippen LogP contribution < -0.4 is 10.2 Å². The fourth-order valence-corrected chi connectivity index (χ4v) is 3.28. The summed E-state index contributed by atoms with van der Waals surface area (Å²) in [5.41, 5.74) is 1.72. The number of piperidine rings is 1. The standard InChI is InChI=1S/C21H27FN4O/c1-15(2)9-10-23-20(27)17-4-3-11-26(14-17)21-24-12-18(13-25-21)16-5-7-19(22)8-6-16/h5-8,12-13,15,17H,3-4,9-11,14H2,1-2H3,(H,23,27)/t17-/m0/s1. The van der Waals surface area contributed by atoms with E-state index in [9.17, 15) is 9.18 Å². The minimum Gasteiger partial charge on any atom is -0.356 e. The maximum atomic E-state index is 13.1. The lowest BCUT2D eigenvalue weighted by molar-refractivity contribution is -0.125. The molecule has 0 unspecified atom stereocenters. The van der Waals surface area contributed by atoms with Gasteiger partial charge in [0, 0.05) is 37.6 Å². The summed E-state index contributed by atoms with van der Waals surface area (Å²) in [6.07, 6.45) is 6.35. The highest BCUT2D eigenvalue weighted by molar-refractivity contribution is 5.79. The molecule has 6 heteroatoms. The Morgan fingerprint density at radius 2 is 1.93 bits per heavy atom. The van der Waals surface area contributed by atoms with Gasteiger partial charge in [-0.3, -0.25) is 4.79 Å². The van der Waals surface area contributed by atoms with E-state index < -0.39 is 0 Å². The number of nitrogens with one attached hydrogen (secondary N) is 1. The lowest BCUT2D eigenvalue weighted by Gasteiger charge is -2.32. The van der Waals surface area contributed by atoms with Crippen molar-refractivity contribution < 1.29 is 9.18 Å². The second kappa shape index (κ2) is 8.93. The highest BCUT2D eigenvalue weighted by atomic mass is 19.1. The number of rotatable bonds is 6. The molecule has 1 aromatic heterocycles. The van der Waals surface area contributed by atoms with Crippen LogP contribution in [-0.2, 0) is 4.79 Å². The van der Waals surface area contributed by atoms with Gasteiger partial charge in [-0.1, -0.05) is 26.0 Å². The molecule has 1 aliphatic rings. The first-order valence-corrected chi connectivity index (χ1v) is 9.63. The predicted octanol–water partition coefficient (Wildman–Crippen LogP) is 3.66. The van der Waals surface area contributed by atoms with Crippen LogP contribution in [0.2, 0.25) is 0 Å². The van der Waals surface area contributed by atoms with Gasteiger partial charge < -0.3 is 10.2 Å². The van der Waals surface area contributed by atoms with Crippen molar-refractivity contribution >= 4 is 11.9 Å². The second-order valence-corrected chi connectivity index (χ2v) is 7.54. The van der Waals surface area contributed by atoms with Crippen LogP contribution in [0.1, 0.15) is 33.1 Å². The maximum Gasteiger partial charge on any atom is 0.225 e. The van der Waals surface area contributed by atoms with Crippen LogP contribution in [0.25, 0.3) is 11.1 Å². The van der Waals surface area contributed by atoms with Gasteiger partial charge in [0.15, 0.2) is 0 Å². The lowest BCUT2D eigenvalue weighted by Crippen LogP contribution is -2.44. The number of hydrogen-bond acceptors (Lipinski definition) is 4. The Hall–Kier alpha value is -2.50. The molecule has 0 bridgehead atoms. The Balaban J connectivity index is 1.60. The number of nitrogens with zero attached hydrogens (tertiary/aromatic N) is 3. The van der Waals surface area contributed by atoms with Crippen molar-refractivity contribution in [3.63, 3.8) is 0 Å². The number of hydrogen-bond donors (Lipinski definition) is 1. The van der Waals surface area contributed by atoms with Crippen LogP contribution in [0, 0.1) is 17.7 Å². The Bertz CT molecular complexity index is 746. The number of anilines is 1. The third-order valence-corrected chi connectivity index (χ3v) is 4.91. The van der Waals surface area contributed by atoms with E-state index in [0.717, 1.165) is 43.5 Å². The number of aromatic nitrogens is 2. The third-order valence-electron chi connectivity index (χ3n) is 4.91. The average Bonchev–Trinajstić information content (AvgIpc) is 2.68. The summed E-state index contributed by atoms with van der Waals surface area (Å²) in [5.74, 6) is 1.07. The van der Waals surface area contributed by atoms with Gasteiger partial charge in [-0.05, 0) is 42.9 Å². The van der Waals surface area contributed by atoms with Crippen molar-refractivity contribution in [1.29, 1.82) is 0 Å². The summed E-state index contributed by atoms with van der Waals surface area (Å²) in [6.45, 7) is 6.54. The third kappa shape index (κ3) is 5.25. The molecule has 0 spiro atoms. The number of carbonyl (C=O) groups is 1. The molecule has 1 aliphatic heterocycles. The Labute approximate surface area is 160 Å². The lowest BCUT2D eigenvalue weighted by atomic mass is 9.97. The molecular weight excluding hydrogens is 343 g/mol. The van der Waals surface area contributed by atoms with E-state index in [1.807, 2.05) is 0 Å². The second-order valence-electron chi connectivity index (χ2n) is 7.54. The molecule has 2 aromatic rings. The average molecular weight is 370 g/mol. The molecule has 2 heterocycles. The summed E-state index contributed by atoms with van der Waals surface area (Å²) in [6, 6.07) is 6.28. The molecular formula is C21H27FN4O. The number of benzene rings is 1. The van der Waals surface area contributed by atoms with E-state index in [0.29, 0.717) is 18.4 Å². The quantitative estimate of drug-likeness (QED) is 0.843. The van der Waals surface area contributed by atoms with Crippen LogP contribution in [0.4, 0.5) is 10.3 Å². The first-order valence-electron chi connectivity index (χ1n) is 9.63. The van der Waals surface area contributed by atoms with Gasteiger partial charge in [0.2, 0.25) is 11.9 Å². The van der Waals surface area contributed by atoms with Gasteiger partial charge in [-0.25, -0.2) is 14.4 Å². The van der Waals surface area contributed by atoms with Crippen molar-refractivity contribution in [2.24, 2.45) is 11.8 Å². The van der Waals surface area contributed by atoms with E-state index in [4.69, 9.17) is 0 Å². The molecule has 1 atom stereocenters. The molecule has 1 N–H and O–H groups in total. The molecule has 1 aromatic carbocycles. The van der Waals surface area contributed by atoms with Crippen LogP contribution in [0.15, 0.2) is 36.7 Å². The zero-order valence-electron chi connectivity index (χ0n) is 16.0. The largest absolute Gasteiger partial charge is 0.356 e. The summed E-state index contributed by atoms with van der Waals surface area (Å²) >= 11 is 0. The molecule has 27 heavy (non-hydrogen) atoms. The molecule has 144 valence electrons. The van der Waals surface area contributed by atoms with E-state index in [2.05, 4.69) is 34.0 Å². The van der Waals surface area contributed by atoms with Gasteiger partial charge in [0.05, 0.1) is 5.92 Å². The van der Waals surface area contributed by atoms with Crippen molar-refractivity contribution in [2.45, 2.75) is 33.1 Å². The van der Waals surface area contributed by atoms with Gasteiger partial charge >= 0.3 is 0 Å². The molecule has 1 saturated heterocycles. The fourth-order valence-electron chi connectivity index (χ4n) is 3.28. The molecule has 0 saturated carbocycles. The van der Waals surface area contributed by atoms with Crippen LogP contribution in [0.3, 0.4) is 0 Å². The Morgan fingerprint density at radius 1 is 1.22 bits per heavy atom. The zero-order valence-corrected chi connectivity index (χ0v) is 16.0. The van der Waals surface area contributed by atoms with Gasteiger partial charge in [-0.15, -0.1) is 0 Å². The van der Waals surface area contributed by atoms with Gasteiger partial charge in [0.25, 0.3) is 0 Å². The molecule has 1 amide bonds. The highest BCUT2D eigenvalue weighted by Crippen LogP contribution is 2.23. The van der Waals surface area contributed by atoms with Crippen molar-refractivity contribution in [3.05, 3.63) is 42.5 Å². The summed E-state index contributed by atoms with van der Waals surface area (Å²) < 4.78 is 13.1. The van der Waals surface area contributed by atoms with Crippen LogP contribution >= 0.6 is 0 Å². The van der Waals surface area contributed by atoms with Crippen LogP contribution in [-0.4, -0.2) is 35.5 Å². The normalized spacial score (nSPS) is 17.2. The van der Waals surface area contributed by atoms with Crippen molar-refractivity contribution in [3.8, 4) is 11.1 Å². The SMILES string of the molecule is CC(C)CCNC(=O)[C@H]1CCCN(c2ncc(-c3ccc(F)cc3)cn2)C1. The van der Waals surface area contributed by atoms with Crippen molar-refractivity contribution in [2.75, 3.05) is 24.5 Å². The monoisotopic (exact) mass is 370 g/mol. The molecule has 3 rings (SSSR count). The fraction of sp³-hybridized carbons (Fsp3) is 0.476. The first kappa shape index (κ1) is 19.3. The number of halogens is 1. The van der Waals surface area contributed by atoms with Gasteiger partial charge in [0.1, 0.15) is 5.82 Å². The maximum absolute atomic E-state index is 13.1. The molecule has 0 aliphatic carbocycles. The van der Waals surface area contributed by atoms with Gasteiger partial charge in [-0.2, -0.15) is 0 Å². The predicted molar refractivity (Wildman–Crippen MR) is 105 cm³/mol. The van der Waals surface area contributed by atoms with Crippen molar-refractivity contribution in [1.82, 2.24) is 15.3 Å².